The SMILES string of the molecule is O=C(CN(c1ccc(F)cc1)S(=O)(=O)c1ccccc1)NCCSCc1c(Cl)cccc1Cl. The lowest BCUT2D eigenvalue weighted by Gasteiger charge is -2.24. The van der Waals surface area contributed by atoms with E-state index in [9.17, 15) is 17.6 Å². The second-order valence-electron chi connectivity index (χ2n) is 6.90. The van der Waals surface area contributed by atoms with Crippen molar-refractivity contribution in [1.29, 1.82) is 0 Å². The average Bonchev–Trinajstić information content (AvgIpc) is 2.80. The summed E-state index contributed by atoms with van der Waals surface area (Å²) in [4.78, 5) is 12.6. The van der Waals surface area contributed by atoms with Gasteiger partial charge in [-0.05, 0) is 54.1 Å². The number of hydrogen-bond acceptors (Lipinski definition) is 4. The normalized spacial score (nSPS) is 11.2. The topological polar surface area (TPSA) is 66.5 Å². The zero-order valence-corrected chi connectivity index (χ0v) is 20.5. The van der Waals surface area contributed by atoms with Gasteiger partial charge in [0, 0.05) is 28.1 Å². The van der Waals surface area contributed by atoms with E-state index in [1.165, 1.54) is 36.0 Å². The Labute approximate surface area is 206 Å². The van der Waals surface area contributed by atoms with Gasteiger partial charge in [-0.3, -0.25) is 9.10 Å². The van der Waals surface area contributed by atoms with Gasteiger partial charge < -0.3 is 5.32 Å². The Hall–Kier alpha value is -2.26. The number of hydrogen-bond donors (Lipinski definition) is 1. The Morgan fingerprint density at radius 1 is 0.939 bits per heavy atom. The van der Waals surface area contributed by atoms with Gasteiger partial charge >= 0.3 is 0 Å². The predicted octanol–water partition coefficient (Wildman–Crippen LogP) is 5.38. The highest BCUT2D eigenvalue weighted by Crippen LogP contribution is 2.28. The fraction of sp³-hybridized carbons (Fsp3) is 0.174. The van der Waals surface area contributed by atoms with Crippen LogP contribution in [0.2, 0.25) is 10.0 Å². The Morgan fingerprint density at radius 2 is 1.58 bits per heavy atom. The van der Waals surface area contributed by atoms with Crippen molar-refractivity contribution >= 4 is 56.6 Å². The van der Waals surface area contributed by atoms with Gasteiger partial charge in [-0.15, -0.1) is 0 Å². The van der Waals surface area contributed by atoms with Crippen molar-refractivity contribution < 1.29 is 17.6 Å². The monoisotopic (exact) mass is 526 g/mol. The number of sulfonamides is 1. The maximum atomic E-state index is 13.4. The number of halogens is 3. The number of thioether (sulfide) groups is 1. The molecule has 3 aromatic rings. The Balaban J connectivity index is 1.62. The van der Waals surface area contributed by atoms with Crippen LogP contribution >= 0.6 is 35.0 Å². The summed E-state index contributed by atoms with van der Waals surface area (Å²) in [5.41, 5.74) is 1.02. The van der Waals surface area contributed by atoms with Crippen LogP contribution in [0.15, 0.2) is 77.7 Å². The molecule has 0 radical (unpaired) electrons. The maximum absolute atomic E-state index is 13.4. The number of carbonyl (C=O) groups excluding carboxylic acids is 1. The summed E-state index contributed by atoms with van der Waals surface area (Å²) in [6, 6.07) is 18.0. The first kappa shape index (κ1) is 25.4. The van der Waals surface area contributed by atoms with Gasteiger partial charge in [0.25, 0.3) is 10.0 Å². The molecule has 0 spiro atoms. The van der Waals surface area contributed by atoms with Crippen LogP contribution < -0.4 is 9.62 Å². The molecule has 3 rings (SSSR count). The molecular formula is C23H21Cl2FN2O3S2. The van der Waals surface area contributed by atoms with Gasteiger partial charge in [0.05, 0.1) is 10.6 Å². The molecule has 0 aromatic heterocycles. The first-order chi connectivity index (χ1) is 15.8. The number of carbonyl (C=O) groups is 1. The van der Waals surface area contributed by atoms with Crippen molar-refractivity contribution in [3.8, 4) is 0 Å². The van der Waals surface area contributed by atoms with Crippen LogP contribution in [-0.4, -0.2) is 33.2 Å². The first-order valence-electron chi connectivity index (χ1n) is 9.90. The zero-order chi connectivity index (χ0) is 23.8. The number of rotatable bonds is 10. The van der Waals surface area contributed by atoms with Crippen molar-refractivity contribution in [1.82, 2.24) is 5.32 Å². The first-order valence-corrected chi connectivity index (χ1v) is 13.2. The molecule has 0 heterocycles. The highest BCUT2D eigenvalue weighted by atomic mass is 35.5. The van der Waals surface area contributed by atoms with Crippen molar-refractivity contribution in [3.05, 3.63) is 94.2 Å². The van der Waals surface area contributed by atoms with Crippen LogP contribution in [0.1, 0.15) is 5.56 Å². The summed E-state index contributed by atoms with van der Waals surface area (Å²) in [6.07, 6.45) is 0. The number of amides is 1. The molecule has 0 saturated heterocycles. The highest BCUT2D eigenvalue weighted by Gasteiger charge is 2.27. The predicted molar refractivity (Wildman–Crippen MR) is 133 cm³/mol. The minimum atomic E-state index is -4.03. The van der Waals surface area contributed by atoms with Crippen molar-refractivity contribution in [2.45, 2.75) is 10.6 Å². The van der Waals surface area contributed by atoms with Gasteiger partial charge in [-0.2, -0.15) is 11.8 Å². The third kappa shape index (κ3) is 6.86. The maximum Gasteiger partial charge on any atom is 0.264 e. The molecule has 1 amide bonds. The minimum Gasteiger partial charge on any atom is -0.354 e. The van der Waals surface area contributed by atoms with Crippen LogP contribution in [0.5, 0.6) is 0 Å². The lowest BCUT2D eigenvalue weighted by atomic mass is 10.2. The van der Waals surface area contributed by atoms with Crippen molar-refractivity contribution in [3.63, 3.8) is 0 Å². The van der Waals surface area contributed by atoms with E-state index >= 15 is 0 Å². The van der Waals surface area contributed by atoms with Crippen LogP contribution in [0.4, 0.5) is 10.1 Å². The van der Waals surface area contributed by atoms with Gasteiger partial charge in [-0.25, -0.2) is 12.8 Å². The van der Waals surface area contributed by atoms with Crippen LogP contribution in [0.25, 0.3) is 0 Å². The summed E-state index contributed by atoms with van der Waals surface area (Å²) in [7, 11) is -4.03. The Kier molecular flexibility index (Phi) is 9.02. The Bertz CT molecular complexity index is 1170. The van der Waals surface area contributed by atoms with Gasteiger partial charge in [0.2, 0.25) is 5.91 Å². The van der Waals surface area contributed by atoms with E-state index < -0.39 is 28.3 Å². The smallest absolute Gasteiger partial charge is 0.264 e. The van der Waals surface area contributed by atoms with Gasteiger partial charge in [-0.1, -0.05) is 47.5 Å². The minimum absolute atomic E-state index is 0.0364. The molecule has 1 N–H and O–H groups in total. The second-order valence-corrected chi connectivity index (χ2v) is 10.7. The molecule has 0 bridgehead atoms. The molecule has 33 heavy (non-hydrogen) atoms. The molecule has 3 aromatic carbocycles. The van der Waals surface area contributed by atoms with Crippen LogP contribution in [-0.2, 0) is 20.6 Å². The molecule has 0 unspecified atom stereocenters. The molecular weight excluding hydrogens is 506 g/mol. The lowest BCUT2D eigenvalue weighted by molar-refractivity contribution is -0.119. The van der Waals surface area contributed by atoms with E-state index in [0.29, 0.717) is 28.1 Å². The summed E-state index contributed by atoms with van der Waals surface area (Å²) < 4.78 is 40.7. The second kappa shape index (κ2) is 11.7. The van der Waals surface area contributed by atoms with E-state index in [-0.39, 0.29) is 10.6 Å². The fourth-order valence-corrected chi connectivity index (χ4v) is 5.97. The van der Waals surface area contributed by atoms with Gasteiger partial charge in [0.15, 0.2) is 0 Å². The van der Waals surface area contributed by atoms with E-state index in [0.717, 1.165) is 22.0 Å². The fourth-order valence-electron chi connectivity index (χ4n) is 2.94. The zero-order valence-electron chi connectivity index (χ0n) is 17.4. The van der Waals surface area contributed by atoms with Crippen molar-refractivity contribution in [2.24, 2.45) is 0 Å². The number of nitrogens with one attached hydrogen (secondary N) is 1. The molecule has 0 saturated carbocycles. The van der Waals surface area contributed by atoms with Gasteiger partial charge in [0.1, 0.15) is 12.4 Å². The number of anilines is 1. The quantitative estimate of drug-likeness (QED) is 0.360. The summed E-state index contributed by atoms with van der Waals surface area (Å²) in [5, 5.41) is 3.89. The van der Waals surface area contributed by atoms with E-state index in [1.807, 2.05) is 0 Å². The standard InChI is InChI=1S/C23H21Cl2FN2O3S2/c24-21-7-4-8-22(25)20(21)16-32-14-13-27-23(29)15-28(18-11-9-17(26)10-12-18)33(30,31)19-5-2-1-3-6-19/h1-12H,13-16H2,(H,27,29). The Morgan fingerprint density at radius 3 is 2.21 bits per heavy atom. The van der Waals surface area contributed by atoms with E-state index in [1.54, 1.807) is 36.4 Å². The number of nitrogens with zero attached hydrogens (tertiary/aromatic N) is 1. The van der Waals surface area contributed by atoms with Crippen LogP contribution in [0, 0.1) is 5.82 Å². The van der Waals surface area contributed by atoms with Crippen LogP contribution in [0.3, 0.4) is 0 Å². The molecule has 0 aliphatic heterocycles. The molecule has 0 aliphatic rings. The molecule has 5 nitrogen and oxygen atoms in total. The highest BCUT2D eigenvalue weighted by molar-refractivity contribution is 7.98. The number of benzene rings is 3. The molecule has 10 heteroatoms. The molecule has 0 aliphatic carbocycles. The largest absolute Gasteiger partial charge is 0.354 e. The lowest BCUT2D eigenvalue weighted by Crippen LogP contribution is -2.41. The molecule has 174 valence electrons. The van der Waals surface area contributed by atoms with E-state index in [2.05, 4.69) is 5.32 Å². The molecule has 0 atom stereocenters. The average molecular weight is 527 g/mol. The summed E-state index contributed by atoms with van der Waals surface area (Å²) in [6.45, 7) is -0.113. The van der Waals surface area contributed by atoms with E-state index in [4.69, 9.17) is 23.2 Å². The third-order valence-corrected chi connectivity index (χ3v) is 8.09. The van der Waals surface area contributed by atoms with Crippen molar-refractivity contribution in [2.75, 3.05) is 23.1 Å². The summed E-state index contributed by atoms with van der Waals surface area (Å²) in [5.74, 6) is 0.180. The summed E-state index contributed by atoms with van der Waals surface area (Å²) >= 11 is 13.9. The molecule has 0 fully saturated rings. The third-order valence-electron chi connectivity index (χ3n) is 4.61.